The Hall–Kier alpha value is 3.74. The van der Waals surface area contributed by atoms with Gasteiger partial charge in [0.2, 0.25) is 0 Å². The van der Waals surface area contributed by atoms with E-state index in [-0.39, 0.29) is 214 Å². The van der Waals surface area contributed by atoms with Crippen LogP contribution in [0.3, 0.4) is 0 Å². The van der Waals surface area contributed by atoms with E-state index in [2.05, 4.69) is 111 Å². The van der Waals surface area contributed by atoms with Crippen LogP contribution in [0.4, 0.5) is 0 Å². The number of unbranched alkanes of at least 4 members (excludes halogenated alkanes) is 16. The zero-order chi connectivity index (χ0) is 62.3. The van der Waals surface area contributed by atoms with Gasteiger partial charge in [0.1, 0.15) is 0 Å². The fraction of sp³-hybridized carbons (Fsp3) is 1.00. The molecular weight excluding hydrogens is 1940 g/mol. The molecule has 101 heavy (non-hydrogen) atoms. The van der Waals surface area contributed by atoms with Crippen LogP contribution in [0.5, 0.6) is 0 Å². The van der Waals surface area contributed by atoms with Crippen molar-refractivity contribution in [1.82, 2.24) is 0 Å². The standard InChI is InChI=1S/4C16H36N.2CH3O.IO6.6Mo.16O/c4*1-5-9-13-17(14-10-6-2,15-11-7-3)16-12-8-4;2*1-2;2-1(3,4,5,6)7;;;;;;;;;;;;;;;;;;;;;;/h4*5-16H2,1-4H3;2*1H3;;;;;;;;;;;;;;;;;;;;;;;/q4*+1;2*-1;-5;;;;;;;16*-2. The van der Waals surface area contributed by atoms with Crippen LogP contribution in [0.15, 0.2) is 0 Å². The monoisotopic (exact) mass is 2100 g/mol. The zero-order valence-corrected chi connectivity index (χ0v) is 80.6. The molecule has 0 spiro atoms. The summed E-state index contributed by atoms with van der Waals surface area (Å²) in [5, 5.41) is 16.5. The summed E-state index contributed by atoms with van der Waals surface area (Å²) in [6, 6.07) is 0. The topological polar surface area (TPSA) is 640 Å². The summed E-state index contributed by atoms with van der Waals surface area (Å²) in [7, 11) is 1.50. The van der Waals surface area contributed by atoms with E-state index in [4.69, 9.17) is 30.8 Å². The molecule has 0 radical (unpaired) electrons. The molecule has 0 aromatic heterocycles. The van der Waals surface area contributed by atoms with Gasteiger partial charge in [-0.1, -0.05) is 214 Å². The normalized spacial score (nSPS) is 9.80. The summed E-state index contributed by atoms with van der Waals surface area (Å²) in [6.45, 7) is 60.1. The molecule has 656 valence electrons. The van der Waals surface area contributed by atoms with Crippen molar-refractivity contribution in [2.45, 2.75) is 316 Å². The van der Waals surface area contributed by atoms with Gasteiger partial charge in [0.05, 0.1) is 105 Å². The summed E-state index contributed by atoms with van der Waals surface area (Å²) in [4.78, 5) is 0. The number of rotatable bonds is 48. The van der Waals surface area contributed by atoms with Crippen molar-refractivity contribution in [2.24, 2.45) is 0 Å². The maximum absolute atomic E-state index is 9.62. The van der Waals surface area contributed by atoms with Crippen LogP contribution in [0.1, 0.15) is 316 Å². The average Bonchev–Trinajstić information content (AvgIpc) is 3.44. The quantitative estimate of drug-likeness (QED) is 0.0399. The van der Waals surface area contributed by atoms with Crippen LogP contribution in [0.2, 0.25) is 0 Å². The molecular formula is C66H150IMo6N4O24-35. The molecule has 0 rings (SSSR count). The molecule has 0 atom stereocenters. The van der Waals surface area contributed by atoms with Crippen molar-refractivity contribution in [3.05, 3.63) is 0 Å². The number of halogens is 1. The molecule has 0 fully saturated rings. The molecule has 0 aliphatic rings. The van der Waals surface area contributed by atoms with Crippen LogP contribution in [-0.4, -0.2) is 137 Å². The third-order valence-electron chi connectivity index (χ3n) is 15.8. The number of nitrogens with zero attached hydrogens (tertiary/aromatic N) is 4. The van der Waals surface area contributed by atoms with Crippen LogP contribution < -0.4 is 49.0 Å². The maximum atomic E-state index is 8.66. The van der Waals surface area contributed by atoms with E-state index in [0.717, 1.165) is 14.2 Å². The molecule has 0 N–H and O–H groups in total. The molecule has 0 aromatic rings. The molecule has 0 amide bonds. The Morgan fingerprint density at radius 3 is 0.218 bits per heavy atom. The molecule has 0 aliphatic heterocycles. The molecule has 0 saturated heterocycles. The number of hydrogen-bond acceptors (Lipinski definition) is 8. The van der Waals surface area contributed by atoms with E-state index in [0.29, 0.717) is 0 Å². The van der Waals surface area contributed by atoms with Crippen molar-refractivity contribution < 1.29 is 281 Å². The van der Waals surface area contributed by atoms with Crippen LogP contribution >= 0.6 is 0 Å². The van der Waals surface area contributed by atoms with Gasteiger partial charge in [-0.05, 0) is 103 Å². The Morgan fingerprint density at radius 2 is 0.188 bits per heavy atom. The Balaban J connectivity index is -0.0000000226. The van der Waals surface area contributed by atoms with Gasteiger partial charge in [0, 0.05) is 126 Å². The first-order chi connectivity index (χ1) is 37.4. The van der Waals surface area contributed by atoms with Gasteiger partial charge in [-0.15, -0.1) is 0 Å². The second-order valence-corrected chi connectivity index (χ2v) is 28.9. The van der Waals surface area contributed by atoms with Crippen LogP contribution in [0, 0.1) is 0 Å². The molecule has 0 bridgehead atoms. The van der Waals surface area contributed by atoms with E-state index in [9.17, 15) is 0 Å². The zero-order valence-electron chi connectivity index (χ0n) is 66.4. The van der Waals surface area contributed by atoms with E-state index >= 15 is 0 Å². The second kappa shape index (κ2) is 133. The Bertz CT molecular complexity index is 900. The fourth-order valence-electron chi connectivity index (χ4n) is 10.6. The van der Waals surface area contributed by atoms with E-state index < -0.39 is 18.2 Å². The molecule has 28 nitrogen and oxygen atoms in total. The van der Waals surface area contributed by atoms with Gasteiger partial charge in [0.15, 0.2) is 0 Å². The molecule has 0 aromatic carbocycles. The van der Waals surface area contributed by atoms with Crippen molar-refractivity contribution >= 4 is 0 Å². The van der Waals surface area contributed by atoms with Crippen LogP contribution in [-0.2, 0) is 214 Å². The van der Waals surface area contributed by atoms with E-state index in [1.165, 1.54) is 328 Å². The predicted molar refractivity (Wildman–Crippen MR) is 340 cm³/mol. The summed E-state index contributed by atoms with van der Waals surface area (Å²) < 4.78 is 57.6. The molecule has 0 heterocycles. The van der Waals surface area contributed by atoms with Gasteiger partial charge < -0.3 is 116 Å². The Morgan fingerprint density at radius 1 is 0.149 bits per heavy atom. The van der Waals surface area contributed by atoms with Crippen molar-refractivity contribution in [1.29, 1.82) is 0 Å². The summed E-state index contributed by atoms with van der Waals surface area (Å²) in [6.07, 6.45) is 44.2. The SMILES string of the molecule is CCCC[N+](CCCC)(CCCC)CCCC.CCCC[N+](CCCC)(CCCC)CCCC.CCCC[N+](CCCC)(CCCC)CCCC.CCCC[N+](CCCC)(CCCC)CCCC.C[O-].C[O-].[Mo].[Mo].[Mo].[Mo].[Mo].[Mo].[O-2].[O-2].[O-2].[O-2].[O-2].[O-2].[O-2].[O-2].[O-2].[O-2].[O-2].[O-2].[O-2].[O-2].[O-2].[O-2].[O-][I+]([O-])([O-])([O-])([O-])[O-]. The van der Waals surface area contributed by atoms with Gasteiger partial charge in [-0.3, -0.25) is 0 Å². The van der Waals surface area contributed by atoms with Crippen molar-refractivity contribution in [3.63, 3.8) is 0 Å². The predicted octanol–water partition coefficient (Wildman–Crippen LogP) is 5.92. The van der Waals surface area contributed by atoms with Gasteiger partial charge >= 0.3 is 38.8 Å². The molecule has 0 unspecified atom stereocenters. The molecule has 0 saturated carbocycles. The fourth-order valence-corrected chi connectivity index (χ4v) is 10.6. The number of quaternary nitrogens is 4. The summed E-state index contributed by atoms with van der Waals surface area (Å²) in [5.74, 6) is 0. The van der Waals surface area contributed by atoms with Crippen molar-refractivity contribution in [3.8, 4) is 0 Å². The molecule has 35 heteroatoms. The first-order valence-electron chi connectivity index (χ1n) is 34.1. The Kier molecular flexibility index (Phi) is 259. The van der Waals surface area contributed by atoms with Crippen LogP contribution in [0.25, 0.3) is 0 Å². The first-order valence-corrected chi connectivity index (χ1v) is 39.4. The van der Waals surface area contributed by atoms with E-state index in [1.807, 2.05) is 0 Å². The van der Waals surface area contributed by atoms with Gasteiger partial charge in [0.25, 0.3) is 0 Å². The number of hydrogen-bond donors (Lipinski definition) is 0. The van der Waals surface area contributed by atoms with Gasteiger partial charge in [-0.25, -0.2) is 0 Å². The van der Waals surface area contributed by atoms with Gasteiger partial charge in [-0.2, -0.15) is 14.2 Å². The second-order valence-electron chi connectivity index (χ2n) is 23.5. The Labute approximate surface area is 709 Å². The minimum absolute atomic E-state index is 0. The third kappa shape index (κ3) is 153. The summed E-state index contributed by atoms with van der Waals surface area (Å²) >= 11 is -9.62. The van der Waals surface area contributed by atoms with Crippen molar-refractivity contribution in [2.75, 3.05) is 119 Å². The molecule has 0 aliphatic carbocycles. The third-order valence-corrected chi connectivity index (χ3v) is 15.8. The first kappa shape index (κ1) is 196. The summed E-state index contributed by atoms with van der Waals surface area (Å²) in [5.41, 5.74) is 0. The minimum atomic E-state index is -9.62. The van der Waals surface area contributed by atoms with E-state index in [1.54, 1.807) is 0 Å². The average molecular weight is 2090 g/mol.